The van der Waals surface area contributed by atoms with E-state index < -0.39 is 15.8 Å². The Morgan fingerprint density at radius 2 is 2.15 bits per heavy atom. The standard InChI is InChI=1S/C7H13NO4S/c1-5-7(3,8-6(2)11-5)12-13(4,9)10/h5H,1-4H3. The van der Waals surface area contributed by atoms with Gasteiger partial charge in [0.05, 0.1) is 6.26 Å². The number of aliphatic imine (C=N–C) groups is 1. The topological polar surface area (TPSA) is 65.0 Å². The fraction of sp³-hybridized carbons (Fsp3) is 0.857. The number of rotatable bonds is 2. The molecule has 0 saturated heterocycles. The summed E-state index contributed by atoms with van der Waals surface area (Å²) in [7, 11) is -3.51. The average molecular weight is 207 g/mol. The van der Waals surface area contributed by atoms with Crippen LogP contribution in [0.15, 0.2) is 4.99 Å². The van der Waals surface area contributed by atoms with E-state index in [9.17, 15) is 8.42 Å². The molecule has 0 saturated carbocycles. The van der Waals surface area contributed by atoms with Crippen molar-refractivity contribution >= 4 is 16.0 Å². The second-order valence-electron chi connectivity index (χ2n) is 3.23. The summed E-state index contributed by atoms with van der Waals surface area (Å²) in [6.45, 7) is 4.95. The van der Waals surface area contributed by atoms with Gasteiger partial charge in [0.2, 0.25) is 5.72 Å². The Hall–Kier alpha value is -0.620. The second kappa shape index (κ2) is 2.95. The Morgan fingerprint density at radius 3 is 2.46 bits per heavy atom. The van der Waals surface area contributed by atoms with E-state index in [1.165, 1.54) is 0 Å². The van der Waals surface area contributed by atoms with Gasteiger partial charge in [-0.05, 0) is 13.8 Å². The molecule has 0 N–H and O–H groups in total. The Kier molecular flexibility index (Phi) is 2.38. The number of hydrogen-bond acceptors (Lipinski definition) is 5. The van der Waals surface area contributed by atoms with E-state index in [0.29, 0.717) is 5.90 Å². The van der Waals surface area contributed by atoms with Crippen LogP contribution >= 0.6 is 0 Å². The maximum Gasteiger partial charge on any atom is 0.266 e. The van der Waals surface area contributed by atoms with E-state index in [2.05, 4.69) is 4.99 Å². The molecule has 2 atom stereocenters. The summed E-state index contributed by atoms with van der Waals surface area (Å²) in [6, 6.07) is 0. The predicted octanol–water partition coefficient (Wildman–Crippen LogP) is 0.516. The van der Waals surface area contributed by atoms with Gasteiger partial charge in [-0.15, -0.1) is 0 Å². The van der Waals surface area contributed by atoms with E-state index in [1.54, 1.807) is 20.8 Å². The van der Waals surface area contributed by atoms with Crippen LogP contribution in [0.4, 0.5) is 0 Å². The second-order valence-corrected chi connectivity index (χ2v) is 4.81. The Labute approximate surface area is 77.9 Å². The van der Waals surface area contributed by atoms with Crippen molar-refractivity contribution in [1.29, 1.82) is 0 Å². The van der Waals surface area contributed by atoms with E-state index in [-0.39, 0.29) is 6.10 Å². The lowest BCUT2D eigenvalue weighted by Gasteiger charge is -2.22. The van der Waals surface area contributed by atoms with Crippen molar-refractivity contribution in [2.75, 3.05) is 6.26 Å². The van der Waals surface area contributed by atoms with E-state index in [0.717, 1.165) is 6.26 Å². The molecule has 0 bridgehead atoms. The van der Waals surface area contributed by atoms with Crippen LogP contribution in [-0.2, 0) is 19.0 Å². The molecule has 1 aliphatic rings. The highest BCUT2D eigenvalue weighted by Gasteiger charge is 2.42. The predicted molar refractivity (Wildman–Crippen MR) is 48.0 cm³/mol. The molecule has 1 rings (SSSR count). The molecule has 76 valence electrons. The van der Waals surface area contributed by atoms with Crippen molar-refractivity contribution < 1.29 is 17.3 Å². The van der Waals surface area contributed by atoms with Crippen LogP contribution in [0.25, 0.3) is 0 Å². The van der Waals surface area contributed by atoms with E-state index in [4.69, 9.17) is 8.92 Å². The van der Waals surface area contributed by atoms with Crippen LogP contribution in [0.2, 0.25) is 0 Å². The van der Waals surface area contributed by atoms with Gasteiger partial charge in [-0.1, -0.05) is 0 Å². The first kappa shape index (κ1) is 10.5. The van der Waals surface area contributed by atoms with Crippen LogP contribution in [0.1, 0.15) is 20.8 Å². The summed E-state index contributed by atoms with van der Waals surface area (Å²) in [5.74, 6) is 0.443. The number of nitrogens with zero attached hydrogens (tertiary/aromatic N) is 1. The smallest absolute Gasteiger partial charge is 0.266 e. The quantitative estimate of drug-likeness (QED) is 0.619. The number of ether oxygens (including phenoxy) is 1. The molecule has 0 aromatic carbocycles. The molecule has 1 heterocycles. The molecule has 2 unspecified atom stereocenters. The minimum absolute atomic E-state index is 0.387. The SMILES string of the molecule is CC1=NC(C)(OS(C)(=O)=O)C(C)O1. The van der Waals surface area contributed by atoms with Crippen LogP contribution < -0.4 is 0 Å². The summed E-state index contributed by atoms with van der Waals surface area (Å²) >= 11 is 0. The van der Waals surface area contributed by atoms with Gasteiger partial charge in [-0.2, -0.15) is 8.42 Å². The zero-order chi connectivity index (χ0) is 10.3. The average Bonchev–Trinajstić information content (AvgIpc) is 2.00. The molecule has 13 heavy (non-hydrogen) atoms. The van der Waals surface area contributed by atoms with Gasteiger partial charge in [0.15, 0.2) is 5.90 Å². The first-order valence-electron chi connectivity index (χ1n) is 3.87. The molecule has 0 radical (unpaired) electrons. The maximum atomic E-state index is 10.9. The van der Waals surface area contributed by atoms with Crippen LogP contribution in [-0.4, -0.2) is 32.4 Å². The first-order valence-corrected chi connectivity index (χ1v) is 5.68. The minimum Gasteiger partial charge on any atom is -0.473 e. The lowest BCUT2D eigenvalue weighted by Crippen LogP contribution is -2.37. The van der Waals surface area contributed by atoms with Gasteiger partial charge >= 0.3 is 0 Å². The molecular weight excluding hydrogens is 194 g/mol. The van der Waals surface area contributed by atoms with Crippen molar-refractivity contribution in [2.45, 2.75) is 32.6 Å². The van der Waals surface area contributed by atoms with Crippen LogP contribution in [0.5, 0.6) is 0 Å². The van der Waals surface area contributed by atoms with E-state index >= 15 is 0 Å². The molecule has 0 aromatic heterocycles. The zero-order valence-corrected chi connectivity index (χ0v) is 8.88. The van der Waals surface area contributed by atoms with Gasteiger partial charge in [-0.25, -0.2) is 9.18 Å². The normalized spacial score (nSPS) is 34.2. The number of hydrogen-bond donors (Lipinski definition) is 0. The molecule has 1 aliphatic heterocycles. The summed E-state index contributed by atoms with van der Waals surface area (Å²) in [6.07, 6.45) is 0.607. The molecule has 0 aromatic rings. The third-order valence-corrected chi connectivity index (χ3v) is 2.44. The third-order valence-electron chi connectivity index (χ3n) is 1.80. The Balaban J connectivity index is 2.89. The van der Waals surface area contributed by atoms with Crippen molar-refractivity contribution in [3.63, 3.8) is 0 Å². The highest BCUT2D eigenvalue weighted by molar-refractivity contribution is 7.86. The zero-order valence-electron chi connectivity index (χ0n) is 8.07. The monoisotopic (exact) mass is 207 g/mol. The van der Waals surface area contributed by atoms with Gasteiger partial charge < -0.3 is 4.74 Å². The molecule has 0 amide bonds. The minimum atomic E-state index is -3.51. The fourth-order valence-corrected chi connectivity index (χ4v) is 1.97. The van der Waals surface area contributed by atoms with E-state index in [1.807, 2.05) is 0 Å². The molecule has 0 aliphatic carbocycles. The summed E-state index contributed by atoms with van der Waals surface area (Å²) in [5.41, 5.74) is -1.11. The highest BCUT2D eigenvalue weighted by atomic mass is 32.2. The largest absolute Gasteiger partial charge is 0.473 e. The summed E-state index contributed by atoms with van der Waals surface area (Å²) in [4.78, 5) is 3.98. The molecule has 6 heteroatoms. The van der Waals surface area contributed by atoms with Crippen molar-refractivity contribution in [2.24, 2.45) is 4.99 Å². The van der Waals surface area contributed by atoms with Crippen LogP contribution in [0, 0.1) is 0 Å². The van der Waals surface area contributed by atoms with Gasteiger partial charge in [0.1, 0.15) is 6.10 Å². The van der Waals surface area contributed by atoms with Crippen molar-refractivity contribution in [3.05, 3.63) is 0 Å². The van der Waals surface area contributed by atoms with Gasteiger partial charge in [0, 0.05) is 6.92 Å². The molecular formula is C7H13NO4S. The summed E-state index contributed by atoms with van der Waals surface area (Å²) < 4.78 is 31.8. The molecule has 0 fully saturated rings. The maximum absolute atomic E-state index is 10.9. The third kappa shape index (κ3) is 2.41. The lowest BCUT2D eigenvalue weighted by atomic mass is 10.2. The fourth-order valence-electron chi connectivity index (χ4n) is 1.19. The molecule has 0 spiro atoms. The van der Waals surface area contributed by atoms with Crippen LogP contribution in [0.3, 0.4) is 0 Å². The van der Waals surface area contributed by atoms with Gasteiger partial charge in [0.25, 0.3) is 10.1 Å². The Bertz CT molecular complexity index is 334. The van der Waals surface area contributed by atoms with Crippen molar-refractivity contribution in [3.8, 4) is 0 Å². The summed E-state index contributed by atoms with van der Waals surface area (Å²) in [5, 5.41) is 0. The molecule has 5 nitrogen and oxygen atoms in total. The Morgan fingerprint density at radius 1 is 1.62 bits per heavy atom. The van der Waals surface area contributed by atoms with Crippen molar-refractivity contribution in [1.82, 2.24) is 0 Å². The first-order chi connectivity index (χ1) is 5.73. The highest BCUT2D eigenvalue weighted by Crippen LogP contribution is 2.28. The van der Waals surface area contributed by atoms with Gasteiger partial charge in [-0.3, -0.25) is 0 Å². The lowest BCUT2D eigenvalue weighted by molar-refractivity contribution is 0.0169.